The van der Waals surface area contributed by atoms with Crippen LogP contribution < -0.4 is 10.6 Å². The molecule has 0 aromatic heterocycles. The molecule has 0 radical (unpaired) electrons. The van der Waals surface area contributed by atoms with Crippen molar-refractivity contribution in [1.29, 1.82) is 0 Å². The number of carbonyl (C=O) groups is 1. The van der Waals surface area contributed by atoms with Gasteiger partial charge in [-0.2, -0.15) is 0 Å². The van der Waals surface area contributed by atoms with Crippen molar-refractivity contribution >= 4 is 28.8 Å². The lowest BCUT2D eigenvalue weighted by Gasteiger charge is -2.21. The van der Waals surface area contributed by atoms with E-state index in [1.807, 2.05) is 50.2 Å². The van der Waals surface area contributed by atoms with Gasteiger partial charge in [0.15, 0.2) is 0 Å². The van der Waals surface area contributed by atoms with Gasteiger partial charge in [-0.05, 0) is 24.3 Å². The summed E-state index contributed by atoms with van der Waals surface area (Å²) in [6, 6.07) is 7.52. The van der Waals surface area contributed by atoms with Gasteiger partial charge in [0, 0.05) is 44.9 Å². The van der Waals surface area contributed by atoms with Crippen LogP contribution in [0.5, 0.6) is 0 Å². The van der Waals surface area contributed by atoms with Gasteiger partial charge in [0.2, 0.25) is 0 Å². The number of anilines is 1. The molecule has 1 unspecified atom stereocenters. The van der Waals surface area contributed by atoms with E-state index < -0.39 is 0 Å². The summed E-state index contributed by atoms with van der Waals surface area (Å²) in [5.41, 5.74) is 7.30. The van der Waals surface area contributed by atoms with E-state index in [9.17, 15) is 4.79 Å². The first-order valence-electron chi connectivity index (χ1n) is 6.15. The summed E-state index contributed by atoms with van der Waals surface area (Å²) in [6.07, 6.45) is 0. The van der Waals surface area contributed by atoms with Crippen LogP contribution in [-0.4, -0.2) is 43.5 Å². The van der Waals surface area contributed by atoms with Gasteiger partial charge in [-0.3, -0.25) is 4.79 Å². The molecule has 0 aliphatic rings. The number of hydrogen-bond acceptors (Lipinski definition) is 3. The van der Waals surface area contributed by atoms with E-state index in [2.05, 4.69) is 0 Å². The Hall–Kier alpha value is -1.62. The molecule has 0 bridgehead atoms. The minimum absolute atomic E-state index is 0.0185. The highest BCUT2D eigenvalue weighted by Crippen LogP contribution is 2.14. The summed E-state index contributed by atoms with van der Waals surface area (Å²) < 4.78 is 0. The summed E-state index contributed by atoms with van der Waals surface area (Å²) in [7, 11) is 5.69. The van der Waals surface area contributed by atoms with Gasteiger partial charge in [0.1, 0.15) is 0 Å². The fraction of sp³-hybridized carbons (Fsp3) is 0.429. The molecule has 0 heterocycles. The SMILES string of the molecule is CC(CN(C)C(=O)c1ccc(N(C)C)cc1)C(N)=S. The average Bonchev–Trinajstić information content (AvgIpc) is 2.37. The lowest BCUT2D eigenvalue weighted by Crippen LogP contribution is -2.35. The van der Waals surface area contributed by atoms with Gasteiger partial charge in [-0.1, -0.05) is 19.1 Å². The van der Waals surface area contributed by atoms with Crippen molar-refractivity contribution in [2.75, 3.05) is 32.6 Å². The van der Waals surface area contributed by atoms with Crippen molar-refractivity contribution in [1.82, 2.24) is 4.90 Å². The smallest absolute Gasteiger partial charge is 0.253 e. The molecule has 0 fully saturated rings. The normalized spacial score (nSPS) is 11.8. The predicted molar refractivity (Wildman–Crippen MR) is 83.7 cm³/mol. The second-order valence-electron chi connectivity index (χ2n) is 4.93. The summed E-state index contributed by atoms with van der Waals surface area (Å²) >= 11 is 4.92. The number of benzene rings is 1. The van der Waals surface area contributed by atoms with Crippen molar-refractivity contribution < 1.29 is 4.79 Å². The third-order valence-corrected chi connectivity index (χ3v) is 3.41. The van der Waals surface area contributed by atoms with E-state index in [0.717, 1.165) is 5.69 Å². The monoisotopic (exact) mass is 279 g/mol. The third-order valence-electron chi connectivity index (χ3n) is 3.01. The van der Waals surface area contributed by atoms with Gasteiger partial charge in [0.05, 0.1) is 4.99 Å². The van der Waals surface area contributed by atoms with E-state index in [1.165, 1.54) is 0 Å². The Morgan fingerprint density at radius 3 is 2.21 bits per heavy atom. The zero-order chi connectivity index (χ0) is 14.6. The highest BCUT2D eigenvalue weighted by Gasteiger charge is 2.15. The third kappa shape index (κ3) is 4.21. The quantitative estimate of drug-likeness (QED) is 0.834. The molecule has 1 atom stereocenters. The first kappa shape index (κ1) is 15.4. The Kier molecular flexibility index (Phi) is 5.30. The van der Waals surface area contributed by atoms with E-state index in [1.54, 1.807) is 11.9 Å². The van der Waals surface area contributed by atoms with Crippen molar-refractivity contribution in [3.05, 3.63) is 29.8 Å². The van der Waals surface area contributed by atoms with Crippen LogP contribution in [0.4, 0.5) is 5.69 Å². The number of rotatable bonds is 5. The number of carbonyl (C=O) groups excluding carboxylic acids is 1. The first-order valence-corrected chi connectivity index (χ1v) is 6.56. The second-order valence-corrected chi connectivity index (χ2v) is 5.40. The minimum atomic E-state index is -0.0200. The molecule has 4 nitrogen and oxygen atoms in total. The molecule has 104 valence electrons. The van der Waals surface area contributed by atoms with Crippen molar-refractivity contribution in [3.8, 4) is 0 Å². The van der Waals surface area contributed by atoms with Gasteiger partial charge in [-0.15, -0.1) is 0 Å². The van der Waals surface area contributed by atoms with E-state index >= 15 is 0 Å². The summed E-state index contributed by atoms with van der Waals surface area (Å²) in [6.45, 7) is 2.45. The van der Waals surface area contributed by atoms with Crippen molar-refractivity contribution in [2.45, 2.75) is 6.92 Å². The van der Waals surface area contributed by atoms with Gasteiger partial charge in [-0.25, -0.2) is 0 Å². The second kappa shape index (κ2) is 6.52. The zero-order valence-electron chi connectivity index (χ0n) is 11.9. The Morgan fingerprint density at radius 2 is 1.79 bits per heavy atom. The molecule has 0 aliphatic heterocycles. The van der Waals surface area contributed by atoms with Crippen LogP contribution in [0.3, 0.4) is 0 Å². The largest absolute Gasteiger partial charge is 0.393 e. The number of hydrogen-bond donors (Lipinski definition) is 1. The van der Waals surface area contributed by atoms with Gasteiger partial charge >= 0.3 is 0 Å². The molecule has 1 amide bonds. The molecule has 0 aliphatic carbocycles. The molecule has 2 N–H and O–H groups in total. The molecular formula is C14H21N3OS. The maximum absolute atomic E-state index is 12.2. The Morgan fingerprint density at radius 1 is 1.26 bits per heavy atom. The minimum Gasteiger partial charge on any atom is -0.393 e. The molecule has 0 saturated carbocycles. The van der Waals surface area contributed by atoms with Crippen molar-refractivity contribution in [3.63, 3.8) is 0 Å². The molecule has 1 rings (SSSR count). The van der Waals surface area contributed by atoms with E-state index in [0.29, 0.717) is 17.1 Å². The molecule has 1 aromatic rings. The highest BCUT2D eigenvalue weighted by molar-refractivity contribution is 7.80. The summed E-state index contributed by atoms with van der Waals surface area (Å²) in [5.74, 6) is -0.00148. The highest BCUT2D eigenvalue weighted by atomic mass is 32.1. The van der Waals surface area contributed by atoms with Crippen LogP contribution in [0.1, 0.15) is 17.3 Å². The fourth-order valence-corrected chi connectivity index (χ4v) is 1.78. The van der Waals surface area contributed by atoms with Crippen molar-refractivity contribution in [2.24, 2.45) is 11.7 Å². The summed E-state index contributed by atoms with van der Waals surface area (Å²) in [5, 5.41) is 0. The van der Waals surface area contributed by atoms with Crippen LogP contribution in [0.25, 0.3) is 0 Å². The molecule has 19 heavy (non-hydrogen) atoms. The number of thiocarbonyl (C=S) groups is 1. The Balaban J connectivity index is 2.74. The fourth-order valence-electron chi connectivity index (χ4n) is 1.71. The van der Waals surface area contributed by atoms with Crippen LogP contribution in [-0.2, 0) is 0 Å². The van der Waals surface area contributed by atoms with Crippen LogP contribution in [0.15, 0.2) is 24.3 Å². The lowest BCUT2D eigenvalue weighted by molar-refractivity contribution is 0.0787. The first-order chi connectivity index (χ1) is 8.82. The molecular weight excluding hydrogens is 258 g/mol. The number of amides is 1. The maximum atomic E-state index is 12.2. The topological polar surface area (TPSA) is 49.6 Å². The molecule has 5 heteroatoms. The van der Waals surface area contributed by atoms with Crippen LogP contribution >= 0.6 is 12.2 Å². The Labute approximate surface area is 120 Å². The van der Waals surface area contributed by atoms with Crippen LogP contribution in [0, 0.1) is 5.92 Å². The number of nitrogens with two attached hydrogens (primary N) is 1. The number of nitrogens with zero attached hydrogens (tertiary/aromatic N) is 2. The van der Waals surface area contributed by atoms with Crippen LogP contribution in [0.2, 0.25) is 0 Å². The maximum Gasteiger partial charge on any atom is 0.253 e. The Bertz CT molecular complexity index is 456. The summed E-state index contributed by atoms with van der Waals surface area (Å²) in [4.78, 5) is 16.3. The standard InChI is InChI=1S/C14H21N3OS/c1-10(13(15)19)9-17(4)14(18)11-5-7-12(8-6-11)16(2)3/h5-8,10H,9H2,1-4H3,(H2,15,19). The van der Waals surface area contributed by atoms with Gasteiger partial charge in [0.25, 0.3) is 5.91 Å². The molecule has 1 aromatic carbocycles. The van der Waals surface area contributed by atoms with Gasteiger partial charge < -0.3 is 15.5 Å². The van der Waals surface area contributed by atoms with E-state index in [-0.39, 0.29) is 11.8 Å². The zero-order valence-corrected chi connectivity index (χ0v) is 12.7. The lowest BCUT2D eigenvalue weighted by atomic mass is 10.1. The van der Waals surface area contributed by atoms with E-state index in [4.69, 9.17) is 18.0 Å². The molecule has 0 spiro atoms. The predicted octanol–water partition coefficient (Wildman–Crippen LogP) is 1.75. The average molecular weight is 279 g/mol. The molecule has 0 saturated heterocycles.